The third-order valence-corrected chi connectivity index (χ3v) is 4.14. The average Bonchev–Trinajstić information content (AvgIpc) is 3.09. The van der Waals surface area contributed by atoms with E-state index in [0.717, 1.165) is 27.8 Å². The van der Waals surface area contributed by atoms with Gasteiger partial charge in [0.15, 0.2) is 0 Å². The highest BCUT2D eigenvalue weighted by molar-refractivity contribution is 6.03. The third-order valence-electron chi connectivity index (χ3n) is 4.14. The second kappa shape index (κ2) is 8.04. The zero-order valence-electron chi connectivity index (χ0n) is 14.5. The summed E-state index contributed by atoms with van der Waals surface area (Å²) in [5.74, 6) is 0.428. The molecule has 0 saturated heterocycles. The van der Waals surface area contributed by atoms with Gasteiger partial charge < -0.3 is 15.0 Å². The van der Waals surface area contributed by atoms with Crippen molar-refractivity contribution in [1.82, 2.24) is 10.3 Å². The van der Waals surface area contributed by atoms with E-state index in [1.54, 1.807) is 19.4 Å². The first-order chi connectivity index (χ1) is 12.7. The van der Waals surface area contributed by atoms with Gasteiger partial charge in [0.05, 0.1) is 7.11 Å². The Bertz CT molecular complexity index is 978. The zero-order valence-corrected chi connectivity index (χ0v) is 14.5. The molecule has 26 heavy (non-hydrogen) atoms. The van der Waals surface area contributed by atoms with E-state index in [4.69, 9.17) is 4.74 Å². The SMILES string of the molecule is COc1ccc(CCNC(=O)/C(C#N)=C/c2c[nH]c3ccccc23)cc1. The summed E-state index contributed by atoms with van der Waals surface area (Å²) < 4.78 is 5.12. The van der Waals surface area contributed by atoms with Crippen molar-refractivity contribution in [2.24, 2.45) is 0 Å². The Balaban J connectivity index is 1.64. The number of carbonyl (C=O) groups excluding carboxylic acids is 1. The number of fused-ring (bicyclic) bond motifs is 1. The molecule has 0 aliphatic rings. The molecule has 0 spiro atoms. The number of nitrogens with zero attached hydrogens (tertiary/aromatic N) is 1. The summed E-state index contributed by atoms with van der Waals surface area (Å²) in [4.78, 5) is 15.4. The molecule has 130 valence electrons. The Morgan fingerprint density at radius 1 is 1.23 bits per heavy atom. The highest BCUT2D eigenvalue weighted by Gasteiger charge is 2.10. The topological polar surface area (TPSA) is 77.9 Å². The molecule has 2 N–H and O–H groups in total. The molecule has 0 saturated carbocycles. The number of H-pyrrole nitrogens is 1. The van der Waals surface area contributed by atoms with Gasteiger partial charge in [-0.3, -0.25) is 4.79 Å². The van der Waals surface area contributed by atoms with Gasteiger partial charge in [-0.1, -0.05) is 30.3 Å². The summed E-state index contributed by atoms with van der Waals surface area (Å²) in [5, 5.41) is 13.1. The van der Waals surface area contributed by atoms with Gasteiger partial charge in [0.1, 0.15) is 17.4 Å². The fourth-order valence-corrected chi connectivity index (χ4v) is 2.73. The summed E-state index contributed by atoms with van der Waals surface area (Å²) in [6.45, 7) is 0.456. The molecule has 0 unspecified atom stereocenters. The van der Waals surface area contributed by atoms with Crippen molar-refractivity contribution in [2.75, 3.05) is 13.7 Å². The van der Waals surface area contributed by atoms with Gasteiger partial charge in [0.2, 0.25) is 0 Å². The second-order valence-corrected chi connectivity index (χ2v) is 5.81. The van der Waals surface area contributed by atoms with E-state index in [0.29, 0.717) is 13.0 Å². The number of rotatable bonds is 6. The van der Waals surface area contributed by atoms with Gasteiger partial charge in [-0.05, 0) is 36.3 Å². The van der Waals surface area contributed by atoms with Crippen LogP contribution in [0.1, 0.15) is 11.1 Å². The number of methoxy groups -OCH3 is 1. The first-order valence-electron chi connectivity index (χ1n) is 8.30. The lowest BCUT2D eigenvalue weighted by molar-refractivity contribution is -0.117. The van der Waals surface area contributed by atoms with E-state index in [1.807, 2.05) is 54.6 Å². The summed E-state index contributed by atoms with van der Waals surface area (Å²) >= 11 is 0. The van der Waals surface area contributed by atoms with Crippen LogP contribution < -0.4 is 10.1 Å². The molecule has 3 aromatic rings. The number of nitrogens with one attached hydrogen (secondary N) is 2. The van der Waals surface area contributed by atoms with Gasteiger partial charge in [-0.25, -0.2) is 0 Å². The van der Waals surface area contributed by atoms with Crippen LogP contribution in [0.3, 0.4) is 0 Å². The Morgan fingerprint density at radius 2 is 2.00 bits per heavy atom. The molecule has 3 rings (SSSR count). The number of aromatic amines is 1. The molecule has 1 aromatic heterocycles. The molecule has 0 atom stereocenters. The minimum Gasteiger partial charge on any atom is -0.497 e. The fraction of sp³-hybridized carbons (Fsp3) is 0.143. The first-order valence-corrected chi connectivity index (χ1v) is 8.30. The number of hydrogen-bond acceptors (Lipinski definition) is 3. The number of carbonyl (C=O) groups is 1. The van der Waals surface area contributed by atoms with E-state index < -0.39 is 0 Å². The molecule has 0 aliphatic heterocycles. The lowest BCUT2D eigenvalue weighted by Gasteiger charge is -2.05. The molecule has 0 aliphatic carbocycles. The van der Waals surface area contributed by atoms with Crippen molar-refractivity contribution in [2.45, 2.75) is 6.42 Å². The van der Waals surface area contributed by atoms with Crippen molar-refractivity contribution < 1.29 is 9.53 Å². The molecule has 1 amide bonds. The second-order valence-electron chi connectivity index (χ2n) is 5.81. The number of nitriles is 1. The maximum absolute atomic E-state index is 12.3. The highest BCUT2D eigenvalue weighted by Crippen LogP contribution is 2.20. The minimum atomic E-state index is -0.369. The molecular formula is C21H19N3O2. The standard InChI is InChI=1S/C21H19N3O2/c1-26-18-8-6-15(7-9-18)10-11-23-21(25)16(13-22)12-17-14-24-20-5-3-2-4-19(17)20/h2-9,12,14,24H,10-11H2,1H3,(H,23,25)/b16-12+. The predicted molar refractivity (Wildman–Crippen MR) is 102 cm³/mol. The summed E-state index contributed by atoms with van der Waals surface area (Å²) in [7, 11) is 1.62. The van der Waals surface area contributed by atoms with Crippen LogP contribution in [-0.4, -0.2) is 24.5 Å². The molecular weight excluding hydrogens is 326 g/mol. The van der Waals surface area contributed by atoms with Gasteiger partial charge >= 0.3 is 0 Å². The number of amides is 1. The molecule has 0 radical (unpaired) electrons. The smallest absolute Gasteiger partial charge is 0.261 e. The summed E-state index contributed by atoms with van der Waals surface area (Å²) in [6, 6.07) is 17.4. The normalized spacial score (nSPS) is 11.2. The van der Waals surface area contributed by atoms with Crippen molar-refractivity contribution in [3.05, 3.63) is 71.4 Å². The van der Waals surface area contributed by atoms with E-state index in [9.17, 15) is 10.1 Å². The van der Waals surface area contributed by atoms with E-state index in [2.05, 4.69) is 10.3 Å². The molecule has 5 heteroatoms. The van der Waals surface area contributed by atoms with Crippen LogP contribution in [0.2, 0.25) is 0 Å². The number of aromatic nitrogens is 1. The molecule has 5 nitrogen and oxygen atoms in total. The van der Waals surface area contributed by atoms with Crippen LogP contribution in [0.15, 0.2) is 60.3 Å². The van der Waals surface area contributed by atoms with Gasteiger partial charge in [0.25, 0.3) is 5.91 Å². The Hall–Kier alpha value is -3.52. The largest absolute Gasteiger partial charge is 0.497 e. The van der Waals surface area contributed by atoms with E-state index in [1.165, 1.54) is 0 Å². The van der Waals surface area contributed by atoms with Gasteiger partial charge in [-0.2, -0.15) is 5.26 Å². The molecule has 0 bridgehead atoms. The van der Waals surface area contributed by atoms with Crippen LogP contribution >= 0.6 is 0 Å². The first kappa shape index (κ1) is 17.3. The van der Waals surface area contributed by atoms with Crippen LogP contribution in [0, 0.1) is 11.3 Å². The third kappa shape index (κ3) is 3.93. The Labute approximate surface area is 151 Å². The number of hydrogen-bond donors (Lipinski definition) is 2. The average molecular weight is 345 g/mol. The van der Waals surface area contributed by atoms with Gasteiger partial charge in [0, 0.05) is 29.2 Å². The molecule has 2 aromatic carbocycles. The Morgan fingerprint density at radius 3 is 2.73 bits per heavy atom. The van der Waals surface area contributed by atoms with Crippen LogP contribution in [0.4, 0.5) is 0 Å². The summed E-state index contributed by atoms with van der Waals surface area (Å²) in [5.41, 5.74) is 2.97. The zero-order chi connectivity index (χ0) is 18.4. The van der Waals surface area contributed by atoms with E-state index >= 15 is 0 Å². The quantitative estimate of drug-likeness (QED) is 0.531. The minimum absolute atomic E-state index is 0.0875. The maximum Gasteiger partial charge on any atom is 0.261 e. The lowest BCUT2D eigenvalue weighted by atomic mass is 10.1. The van der Waals surface area contributed by atoms with Crippen molar-refractivity contribution in [1.29, 1.82) is 5.26 Å². The number of para-hydroxylation sites is 1. The summed E-state index contributed by atoms with van der Waals surface area (Å²) in [6.07, 6.45) is 4.09. The monoisotopic (exact) mass is 345 g/mol. The van der Waals surface area contributed by atoms with Crippen LogP contribution in [-0.2, 0) is 11.2 Å². The lowest BCUT2D eigenvalue weighted by Crippen LogP contribution is -2.26. The van der Waals surface area contributed by atoms with Crippen LogP contribution in [0.25, 0.3) is 17.0 Å². The maximum atomic E-state index is 12.3. The van der Waals surface area contributed by atoms with Crippen LogP contribution in [0.5, 0.6) is 5.75 Å². The van der Waals surface area contributed by atoms with Crippen molar-refractivity contribution >= 4 is 22.9 Å². The number of benzene rings is 2. The van der Waals surface area contributed by atoms with Crippen molar-refractivity contribution in [3.63, 3.8) is 0 Å². The van der Waals surface area contributed by atoms with Crippen molar-refractivity contribution in [3.8, 4) is 11.8 Å². The number of ether oxygens (including phenoxy) is 1. The highest BCUT2D eigenvalue weighted by atomic mass is 16.5. The molecule has 1 heterocycles. The predicted octanol–water partition coefficient (Wildman–Crippen LogP) is 3.44. The Kier molecular flexibility index (Phi) is 5.35. The van der Waals surface area contributed by atoms with Gasteiger partial charge in [-0.15, -0.1) is 0 Å². The van der Waals surface area contributed by atoms with E-state index in [-0.39, 0.29) is 11.5 Å². The fourth-order valence-electron chi connectivity index (χ4n) is 2.73. The molecule has 0 fully saturated rings.